The molecule has 0 saturated heterocycles. The molecule has 3 aromatic rings. The highest BCUT2D eigenvalue weighted by molar-refractivity contribution is 6.32. The molecule has 1 aliphatic heterocycles. The number of nitrogens with zero attached hydrogens (tertiary/aromatic N) is 2. The number of ether oxygens (including phenoxy) is 2. The predicted molar refractivity (Wildman–Crippen MR) is 107 cm³/mol. The topological polar surface area (TPSA) is 77.4 Å². The molecule has 0 bridgehead atoms. The Morgan fingerprint density at radius 2 is 2.04 bits per heavy atom. The molecule has 0 spiro atoms. The first kappa shape index (κ1) is 18.4. The average molecular weight is 401 g/mol. The number of nitrogens with one attached hydrogen (secondary N) is 2. The van der Waals surface area contributed by atoms with Crippen LogP contribution in [0.1, 0.15) is 11.4 Å². The summed E-state index contributed by atoms with van der Waals surface area (Å²) in [6.07, 6.45) is 0. The summed E-state index contributed by atoms with van der Waals surface area (Å²) in [4.78, 5) is 16.7. The normalized spacial score (nSPS) is 12.8. The smallest absolute Gasteiger partial charge is 0.315 e. The van der Waals surface area contributed by atoms with E-state index in [0.717, 1.165) is 22.4 Å². The van der Waals surface area contributed by atoms with Gasteiger partial charge in [0.25, 0.3) is 0 Å². The number of aryl methyl sites for hydroxylation is 1. The molecule has 28 heavy (non-hydrogen) atoms. The van der Waals surface area contributed by atoms with Crippen LogP contribution in [0.3, 0.4) is 0 Å². The van der Waals surface area contributed by atoms with Crippen LogP contribution in [0.5, 0.6) is 11.5 Å². The summed E-state index contributed by atoms with van der Waals surface area (Å²) >= 11 is 6.22. The molecule has 7 nitrogen and oxygen atoms in total. The molecule has 4 rings (SSSR count). The SMILES string of the molecule is Cc1nc2ccccc2n1CCNC(=O)NCc1cc(Cl)c2c(c1)OCCO2. The Labute approximate surface area is 167 Å². The Hall–Kier alpha value is -2.93. The van der Waals surface area contributed by atoms with Crippen molar-refractivity contribution in [3.63, 3.8) is 0 Å². The minimum absolute atomic E-state index is 0.243. The Kier molecular flexibility index (Phi) is 5.25. The summed E-state index contributed by atoms with van der Waals surface area (Å²) in [7, 11) is 0. The molecule has 0 atom stereocenters. The van der Waals surface area contributed by atoms with E-state index < -0.39 is 0 Å². The molecule has 2 N–H and O–H groups in total. The maximum Gasteiger partial charge on any atom is 0.315 e. The van der Waals surface area contributed by atoms with Gasteiger partial charge in [-0.05, 0) is 36.8 Å². The van der Waals surface area contributed by atoms with E-state index in [-0.39, 0.29) is 6.03 Å². The third-order valence-electron chi connectivity index (χ3n) is 4.58. The van der Waals surface area contributed by atoms with Gasteiger partial charge in [0.1, 0.15) is 19.0 Å². The lowest BCUT2D eigenvalue weighted by molar-refractivity contribution is 0.171. The Morgan fingerprint density at radius 1 is 1.21 bits per heavy atom. The highest BCUT2D eigenvalue weighted by atomic mass is 35.5. The first-order valence-corrected chi connectivity index (χ1v) is 9.51. The molecular weight excluding hydrogens is 380 g/mol. The molecule has 2 heterocycles. The fraction of sp³-hybridized carbons (Fsp3) is 0.300. The van der Waals surface area contributed by atoms with Crippen molar-refractivity contribution in [2.75, 3.05) is 19.8 Å². The second-order valence-electron chi connectivity index (χ2n) is 6.51. The van der Waals surface area contributed by atoms with Crippen molar-refractivity contribution < 1.29 is 14.3 Å². The van der Waals surface area contributed by atoms with Gasteiger partial charge in [0.15, 0.2) is 11.5 Å². The minimum atomic E-state index is -0.243. The number of carbonyl (C=O) groups is 1. The van der Waals surface area contributed by atoms with Crippen LogP contribution in [0.15, 0.2) is 36.4 Å². The van der Waals surface area contributed by atoms with Crippen molar-refractivity contribution in [1.29, 1.82) is 0 Å². The molecular formula is C20H21ClN4O3. The Morgan fingerprint density at radius 3 is 2.93 bits per heavy atom. The quantitative estimate of drug-likeness (QED) is 0.689. The van der Waals surface area contributed by atoms with Gasteiger partial charge in [0.05, 0.1) is 16.1 Å². The van der Waals surface area contributed by atoms with Crippen LogP contribution in [-0.4, -0.2) is 35.3 Å². The van der Waals surface area contributed by atoms with E-state index >= 15 is 0 Å². The molecule has 1 aliphatic rings. The molecule has 8 heteroatoms. The summed E-state index contributed by atoms with van der Waals surface area (Å²) < 4.78 is 13.2. The molecule has 0 unspecified atom stereocenters. The van der Waals surface area contributed by atoms with Gasteiger partial charge in [-0.2, -0.15) is 0 Å². The molecule has 0 fully saturated rings. The van der Waals surface area contributed by atoms with Gasteiger partial charge in [0, 0.05) is 19.6 Å². The number of para-hydroxylation sites is 2. The molecule has 1 aromatic heterocycles. The van der Waals surface area contributed by atoms with Gasteiger partial charge in [-0.1, -0.05) is 23.7 Å². The van der Waals surface area contributed by atoms with E-state index in [9.17, 15) is 4.79 Å². The van der Waals surface area contributed by atoms with Crippen LogP contribution in [0.2, 0.25) is 5.02 Å². The summed E-state index contributed by atoms with van der Waals surface area (Å²) in [6.45, 7) is 4.42. The van der Waals surface area contributed by atoms with Gasteiger partial charge < -0.3 is 24.7 Å². The van der Waals surface area contributed by atoms with E-state index in [1.54, 1.807) is 6.07 Å². The standard InChI is InChI=1S/C20H21ClN4O3/c1-13-24-16-4-2-3-5-17(16)25(13)7-6-22-20(26)23-12-14-10-15(21)19-18(11-14)27-8-9-28-19/h2-5,10-11H,6-9,12H2,1H3,(H2,22,23,26). The number of amides is 2. The summed E-state index contributed by atoms with van der Waals surface area (Å²) in [5.41, 5.74) is 2.87. The second kappa shape index (κ2) is 7.98. The number of carbonyl (C=O) groups excluding carboxylic acids is 1. The number of fused-ring (bicyclic) bond motifs is 2. The summed E-state index contributed by atoms with van der Waals surface area (Å²) in [5.74, 6) is 2.09. The monoisotopic (exact) mass is 400 g/mol. The van der Waals surface area contributed by atoms with Crippen LogP contribution >= 0.6 is 11.6 Å². The van der Waals surface area contributed by atoms with Crippen LogP contribution in [0.25, 0.3) is 11.0 Å². The van der Waals surface area contributed by atoms with Gasteiger partial charge in [-0.3, -0.25) is 0 Å². The van der Waals surface area contributed by atoms with E-state index in [1.807, 2.05) is 37.3 Å². The van der Waals surface area contributed by atoms with Crippen molar-refractivity contribution in [2.24, 2.45) is 0 Å². The number of halogens is 1. The predicted octanol–water partition coefficient (Wildman–Crippen LogP) is 3.27. The van der Waals surface area contributed by atoms with E-state index in [2.05, 4.69) is 20.2 Å². The van der Waals surface area contributed by atoms with Crippen molar-refractivity contribution in [3.05, 3.63) is 52.8 Å². The van der Waals surface area contributed by atoms with Gasteiger partial charge in [-0.25, -0.2) is 9.78 Å². The number of benzene rings is 2. The van der Waals surface area contributed by atoms with Crippen LogP contribution in [0.4, 0.5) is 4.79 Å². The number of hydrogen-bond acceptors (Lipinski definition) is 4. The molecule has 0 saturated carbocycles. The molecule has 146 valence electrons. The summed E-state index contributed by atoms with van der Waals surface area (Å²) in [5, 5.41) is 6.19. The van der Waals surface area contributed by atoms with Crippen molar-refractivity contribution >= 4 is 28.7 Å². The second-order valence-corrected chi connectivity index (χ2v) is 6.92. The van der Waals surface area contributed by atoms with Crippen molar-refractivity contribution in [1.82, 2.24) is 20.2 Å². The maximum absolute atomic E-state index is 12.1. The largest absolute Gasteiger partial charge is 0.486 e. The lowest BCUT2D eigenvalue weighted by atomic mass is 10.2. The Bertz CT molecular complexity index is 1020. The van der Waals surface area contributed by atoms with Crippen LogP contribution < -0.4 is 20.1 Å². The number of hydrogen-bond donors (Lipinski definition) is 2. The van der Waals surface area contributed by atoms with Gasteiger partial charge >= 0.3 is 6.03 Å². The summed E-state index contributed by atoms with van der Waals surface area (Å²) in [6, 6.07) is 11.3. The first-order chi connectivity index (χ1) is 13.6. The van der Waals surface area contributed by atoms with E-state index in [4.69, 9.17) is 21.1 Å². The molecule has 2 amide bonds. The van der Waals surface area contributed by atoms with Gasteiger partial charge in [-0.15, -0.1) is 0 Å². The van der Waals surface area contributed by atoms with E-state index in [1.165, 1.54) is 0 Å². The minimum Gasteiger partial charge on any atom is -0.486 e. The average Bonchev–Trinajstić information content (AvgIpc) is 3.02. The zero-order valence-electron chi connectivity index (χ0n) is 15.5. The number of imidazole rings is 1. The fourth-order valence-electron chi connectivity index (χ4n) is 3.27. The zero-order valence-corrected chi connectivity index (χ0v) is 16.3. The lowest BCUT2D eigenvalue weighted by Gasteiger charge is -2.20. The molecule has 2 aromatic carbocycles. The Balaban J connectivity index is 1.30. The number of aromatic nitrogens is 2. The first-order valence-electron chi connectivity index (χ1n) is 9.13. The van der Waals surface area contributed by atoms with Crippen LogP contribution in [-0.2, 0) is 13.1 Å². The third kappa shape index (κ3) is 3.84. The lowest BCUT2D eigenvalue weighted by Crippen LogP contribution is -2.36. The van der Waals surface area contributed by atoms with Crippen molar-refractivity contribution in [3.8, 4) is 11.5 Å². The molecule has 0 radical (unpaired) electrons. The number of urea groups is 1. The molecule has 0 aliphatic carbocycles. The fourth-order valence-corrected chi connectivity index (χ4v) is 3.56. The highest BCUT2D eigenvalue weighted by Gasteiger charge is 2.16. The van der Waals surface area contributed by atoms with Gasteiger partial charge in [0.2, 0.25) is 0 Å². The number of rotatable bonds is 5. The van der Waals surface area contributed by atoms with Crippen LogP contribution in [0, 0.1) is 6.92 Å². The third-order valence-corrected chi connectivity index (χ3v) is 4.86. The maximum atomic E-state index is 12.1. The van der Waals surface area contributed by atoms with Crippen molar-refractivity contribution in [2.45, 2.75) is 20.0 Å². The van der Waals surface area contributed by atoms with E-state index in [0.29, 0.717) is 49.4 Å². The zero-order chi connectivity index (χ0) is 19.5. The highest BCUT2D eigenvalue weighted by Crippen LogP contribution is 2.38.